The molecule has 1 saturated heterocycles. The van der Waals surface area contributed by atoms with Crippen molar-refractivity contribution in [1.29, 1.82) is 0 Å². The zero-order valence-electron chi connectivity index (χ0n) is 6.18. The van der Waals surface area contributed by atoms with E-state index in [0.717, 1.165) is 39.1 Å². The molecule has 0 atom stereocenters. The maximum absolute atomic E-state index is 8.17. The van der Waals surface area contributed by atoms with Gasteiger partial charge in [0.2, 0.25) is 0 Å². The van der Waals surface area contributed by atoms with Gasteiger partial charge in [-0.3, -0.25) is 0 Å². The topological polar surface area (TPSA) is 41.5 Å². The Morgan fingerprint density at radius 2 is 1.70 bits per heavy atom. The number of aliphatic hydroxyl groups is 1. The van der Waals surface area contributed by atoms with Gasteiger partial charge < -0.3 is 15.2 Å². The fraction of sp³-hybridized carbons (Fsp3) is 1.00. The molecule has 0 aromatic carbocycles. The van der Waals surface area contributed by atoms with Crippen molar-refractivity contribution < 1.29 is 9.84 Å². The average Bonchev–Trinajstić information content (AvgIpc) is 2.77. The lowest BCUT2D eigenvalue weighted by atomic mass is 10.5. The molecule has 2 fully saturated rings. The van der Waals surface area contributed by atoms with Crippen molar-refractivity contribution in [3.05, 3.63) is 0 Å². The van der Waals surface area contributed by atoms with Crippen LogP contribution in [0, 0.1) is 0 Å². The summed E-state index contributed by atoms with van der Waals surface area (Å²) in [6.07, 6.45) is 2.17. The second kappa shape index (κ2) is 4.66. The molecule has 3 heteroatoms. The summed E-state index contributed by atoms with van der Waals surface area (Å²) in [4.78, 5) is 0. The first-order valence-electron chi connectivity index (χ1n) is 3.86. The van der Waals surface area contributed by atoms with E-state index in [1.165, 1.54) is 0 Å². The largest absolute Gasteiger partial charge is 0.393 e. The van der Waals surface area contributed by atoms with E-state index < -0.39 is 0 Å². The van der Waals surface area contributed by atoms with Crippen molar-refractivity contribution >= 4 is 0 Å². The van der Waals surface area contributed by atoms with Crippen LogP contribution in [0.15, 0.2) is 0 Å². The number of rotatable bonds is 0. The number of hydrogen-bond acceptors (Lipinski definition) is 3. The molecule has 0 unspecified atom stereocenters. The van der Waals surface area contributed by atoms with Crippen LogP contribution < -0.4 is 5.32 Å². The van der Waals surface area contributed by atoms with Crippen LogP contribution in [-0.2, 0) is 4.74 Å². The summed E-state index contributed by atoms with van der Waals surface area (Å²) in [6, 6.07) is 0. The van der Waals surface area contributed by atoms with Crippen LogP contribution >= 0.6 is 0 Å². The third kappa shape index (κ3) is 4.73. The molecule has 0 radical (unpaired) electrons. The highest BCUT2D eigenvalue weighted by Gasteiger charge is 2.15. The number of aliphatic hydroxyl groups excluding tert-OH is 1. The molecule has 0 aromatic rings. The van der Waals surface area contributed by atoms with Crippen LogP contribution in [-0.4, -0.2) is 37.5 Å². The molecule has 0 amide bonds. The van der Waals surface area contributed by atoms with Gasteiger partial charge in [0.1, 0.15) is 0 Å². The molecule has 0 bridgehead atoms. The summed E-state index contributed by atoms with van der Waals surface area (Å²) < 4.78 is 5.01. The van der Waals surface area contributed by atoms with E-state index >= 15 is 0 Å². The number of morpholine rings is 1. The molecule has 0 spiro atoms. The van der Waals surface area contributed by atoms with Gasteiger partial charge in [0.05, 0.1) is 19.3 Å². The minimum absolute atomic E-state index is 0.0833. The molecule has 3 nitrogen and oxygen atoms in total. The first-order valence-corrected chi connectivity index (χ1v) is 3.86. The van der Waals surface area contributed by atoms with Crippen molar-refractivity contribution in [2.45, 2.75) is 18.9 Å². The van der Waals surface area contributed by atoms with Gasteiger partial charge in [-0.05, 0) is 12.8 Å². The van der Waals surface area contributed by atoms with Crippen molar-refractivity contribution in [2.24, 2.45) is 0 Å². The maximum Gasteiger partial charge on any atom is 0.0591 e. The predicted molar refractivity (Wildman–Crippen MR) is 38.9 cm³/mol. The van der Waals surface area contributed by atoms with E-state index in [0.29, 0.717) is 0 Å². The van der Waals surface area contributed by atoms with Gasteiger partial charge in [-0.25, -0.2) is 0 Å². The first-order chi connectivity index (χ1) is 4.89. The van der Waals surface area contributed by atoms with Gasteiger partial charge >= 0.3 is 0 Å². The third-order valence-corrected chi connectivity index (χ3v) is 1.39. The highest BCUT2D eigenvalue weighted by Crippen LogP contribution is 2.16. The molecular weight excluding hydrogens is 130 g/mol. The van der Waals surface area contributed by atoms with Crippen LogP contribution in [0.25, 0.3) is 0 Å². The maximum atomic E-state index is 8.17. The quantitative estimate of drug-likeness (QED) is 0.494. The van der Waals surface area contributed by atoms with Gasteiger partial charge in [-0.15, -0.1) is 0 Å². The Kier molecular flexibility index (Phi) is 3.72. The molecule has 1 aliphatic heterocycles. The van der Waals surface area contributed by atoms with Gasteiger partial charge in [-0.2, -0.15) is 0 Å². The highest BCUT2D eigenvalue weighted by atomic mass is 16.5. The molecule has 2 rings (SSSR count). The van der Waals surface area contributed by atoms with Crippen molar-refractivity contribution in [1.82, 2.24) is 5.32 Å². The Hall–Kier alpha value is -0.120. The van der Waals surface area contributed by atoms with Crippen LogP contribution in [0.2, 0.25) is 0 Å². The fourth-order valence-electron chi connectivity index (χ4n) is 0.590. The summed E-state index contributed by atoms with van der Waals surface area (Å²) in [5.41, 5.74) is 0. The highest BCUT2D eigenvalue weighted by molar-refractivity contribution is 4.68. The Bertz CT molecular complexity index is 68.2. The van der Waals surface area contributed by atoms with Gasteiger partial charge in [0.25, 0.3) is 0 Å². The van der Waals surface area contributed by atoms with E-state index in [-0.39, 0.29) is 6.10 Å². The first kappa shape index (κ1) is 7.98. The number of ether oxygens (including phenoxy) is 1. The number of nitrogens with one attached hydrogen (secondary N) is 1. The Labute approximate surface area is 61.4 Å². The molecule has 1 aliphatic carbocycles. The van der Waals surface area contributed by atoms with Crippen LogP contribution in [0.5, 0.6) is 0 Å². The predicted octanol–water partition coefficient (Wildman–Crippen LogP) is -0.253. The van der Waals surface area contributed by atoms with Gasteiger partial charge in [-0.1, -0.05) is 0 Å². The average molecular weight is 145 g/mol. The van der Waals surface area contributed by atoms with Crippen molar-refractivity contribution in [2.75, 3.05) is 26.3 Å². The summed E-state index contributed by atoms with van der Waals surface area (Å²) >= 11 is 0. The molecule has 1 saturated carbocycles. The lowest BCUT2D eigenvalue weighted by Crippen LogP contribution is -2.30. The molecular formula is C7H15NO2. The fourth-order valence-corrected chi connectivity index (χ4v) is 0.590. The third-order valence-electron chi connectivity index (χ3n) is 1.39. The lowest BCUT2D eigenvalue weighted by molar-refractivity contribution is 0.109. The Balaban J connectivity index is 0.000000108. The van der Waals surface area contributed by atoms with E-state index in [2.05, 4.69) is 5.32 Å². The molecule has 2 aliphatic rings. The van der Waals surface area contributed by atoms with Crippen LogP contribution in [0.4, 0.5) is 0 Å². The smallest absolute Gasteiger partial charge is 0.0591 e. The lowest BCUT2D eigenvalue weighted by Gasteiger charge is -2.10. The van der Waals surface area contributed by atoms with Crippen LogP contribution in [0.3, 0.4) is 0 Å². The second-order valence-corrected chi connectivity index (χ2v) is 2.59. The minimum Gasteiger partial charge on any atom is -0.393 e. The molecule has 2 N–H and O–H groups in total. The summed E-state index contributed by atoms with van der Waals surface area (Å²) in [5, 5.41) is 11.3. The standard InChI is InChI=1S/C4H9NO.C3H6O/c1-3-6-4-2-5-1;4-3-1-2-3/h5H,1-4H2;3-4H,1-2H2. The van der Waals surface area contributed by atoms with Gasteiger partial charge in [0.15, 0.2) is 0 Å². The monoisotopic (exact) mass is 145 g/mol. The Morgan fingerprint density at radius 3 is 1.80 bits per heavy atom. The van der Waals surface area contributed by atoms with E-state index in [1.54, 1.807) is 0 Å². The summed E-state index contributed by atoms with van der Waals surface area (Å²) in [7, 11) is 0. The van der Waals surface area contributed by atoms with E-state index in [1.807, 2.05) is 0 Å². The number of hydrogen-bond donors (Lipinski definition) is 2. The molecule has 1 heterocycles. The minimum atomic E-state index is 0.0833. The summed E-state index contributed by atoms with van der Waals surface area (Å²) in [6.45, 7) is 3.83. The Morgan fingerprint density at radius 1 is 1.20 bits per heavy atom. The SMILES string of the molecule is C1COCCN1.OC1CC1. The molecule has 0 aromatic heterocycles. The normalized spacial score (nSPS) is 24.9. The van der Waals surface area contributed by atoms with E-state index in [9.17, 15) is 0 Å². The van der Waals surface area contributed by atoms with Gasteiger partial charge in [0, 0.05) is 13.1 Å². The van der Waals surface area contributed by atoms with E-state index in [4.69, 9.17) is 9.84 Å². The van der Waals surface area contributed by atoms with Crippen molar-refractivity contribution in [3.63, 3.8) is 0 Å². The summed E-state index contributed by atoms with van der Waals surface area (Å²) in [5.74, 6) is 0. The van der Waals surface area contributed by atoms with Crippen LogP contribution in [0.1, 0.15) is 12.8 Å². The molecule has 10 heavy (non-hydrogen) atoms. The second-order valence-electron chi connectivity index (χ2n) is 2.59. The zero-order chi connectivity index (χ0) is 7.23. The zero-order valence-corrected chi connectivity index (χ0v) is 6.18. The molecule has 60 valence electrons. The van der Waals surface area contributed by atoms with Crippen molar-refractivity contribution in [3.8, 4) is 0 Å².